The SMILES string of the molecule is COc1cccc(CN(C(=O)CN(c2cc(C(F)(F)F)ccc2Cl)S(C)(=O)=O)C(Cc2ccccc2)C(=O)NC(C)C)c1. The Hall–Kier alpha value is -3.77. The Morgan fingerprint density at radius 1 is 0.977 bits per heavy atom. The van der Waals surface area contributed by atoms with E-state index in [0.29, 0.717) is 21.7 Å². The Morgan fingerprint density at radius 2 is 1.63 bits per heavy atom. The third-order valence-corrected chi connectivity index (χ3v) is 7.86. The fourth-order valence-electron chi connectivity index (χ4n) is 4.38. The third-order valence-electron chi connectivity index (χ3n) is 6.41. The molecule has 0 fully saturated rings. The lowest BCUT2D eigenvalue weighted by Gasteiger charge is -2.34. The van der Waals surface area contributed by atoms with Gasteiger partial charge in [-0.15, -0.1) is 0 Å². The summed E-state index contributed by atoms with van der Waals surface area (Å²) >= 11 is 6.17. The van der Waals surface area contributed by atoms with Crippen LogP contribution < -0.4 is 14.4 Å². The van der Waals surface area contributed by atoms with E-state index in [9.17, 15) is 31.2 Å². The predicted molar refractivity (Wildman–Crippen MR) is 159 cm³/mol. The Bertz CT molecular complexity index is 1540. The van der Waals surface area contributed by atoms with Gasteiger partial charge in [0.05, 0.1) is 29.6 Å². The first kappa shape index (κ1) is 33.7. The van der Waals surface area contributed by atoms with Gasteiger partial charge in [0.15, 0.2) is 0 Å². The summed E-state index contributed by atoms with van der Waals surface area (Å²) in [5.41, 5.74) is -0.346. The molecule has 1 atom stereocenters. The largest absolute Gasteiger partial charge is 0.497 e. The highest BCUT2D eigenvalue weighted by atomic mass is 35.5. The van der Waals surface area contributed by atoms with Crippen molar-refractivity contribution in [2.75, 3.05) is 24.2 Å². The van der Waals surface area contributed by atoms with Crippen molar-refractivity contribution >= 4 is 39.1 Å². The summed E-state index contributed by atoms with van der Waals surface area (Å²) < 4.78 is 72.2. The van der Waals surface area contributed by atoms with Crippen LogP contribution in [-0.4, -0.2) is 57.1 Å². The number of methoxy groups -OCH3 is 1. The molecule has 0 bridgehead atoms. The molecule has 43 heavy (non-hydrogen) atoms. The van der Waals surface area contributed by atoms with Gasteiger partial charge in [-0.25, -0.2) is 8.42 Å². The van der Waals surface area contributed by atoms with Gasteiger partial charge in [-0.2, -0.15) is 13.2 Å². The number of amides is 2. The van der Waals surface area contributed by atoms with Gasteiger partial charge in [0.1, 0.15) is 18.3 Å². The molecule has 0 heterocycles. The summed E-state index contributed by atoms with van der Waals surface area (Å²) in [5.74, 6) is -0.829. The number of halogens is 4. The molecule has 1 unspecified atom stereocenters. The average Bonchev–Trinajstić information content (AvgIpc) is 2.93. The molecular formula is C30H33ClF3N3O5S. The van der Waals surface area contributed by atoms with E-state index in [1.807, 2.05) is 0 Å². The van der Waals surface area contributed by atoms with Crippen molar-refractivity contribution in [2.24, 2.45) is 0 Å². The summed E-state index contributed by atoms with van der Waals surface area (Å²) in [4.78, 5) is 28.9. The summed E-state index contributed by atoms with van der Waals surface area (Å²) in [7, 11) is -2.85. The molecule has 0 radical (unpaired) electrons. The monoisotopic (exact) mass is 639 g/mol. The molecule has 8 nitrogen and oxygen atoms in total. The highest BCUT2D eigenvalue weighted by molar-refractivity contribution is 7.92. The Balaban J connectivity index is 2.13. The number of anilines is 1. The van der Waals surface area contributed by atoms with Crippen molar-refractivity contribution in [1.82, 2.24) is 10.2 Å². The van der Waals surface area contributed by atoms with Crippen molar-refractivity contribution in [3.63, 3.8) is 0 Å². The van der Waals surface area contributed by atoms with Gasteiger partial charge in [-0.05, 0) is 55.3 Å². The summed E-state index contributed by atoms with van der Waals surface area (Å²) in [6.07, 6.45) is -3.95. The second-order valence-corrected chi connectivity index (χ2v) is 12.5. The normalized spacial score (nSPS) is 12.5. The first-order chi connectivity index (χ1) is 20.1. The quantitative estimate of drug-likeness (QED) is 0.290. The lowest BCUT2D eigenvalue weighted by molar-refractivity contribution is -0.140. The second kappa shape index (κ2) is 14.1. The van der Waals surface area contributed by atoms with Crippen LogP contribution in [0.2, 0.25) is 5.02 Å². The molecule has 0 aromatic heterocycles. The van der Waals surface area contributed by atoms with Gasteiger partial charge < -0.3 is 15.0 Å². The lowest BCUT2D eigenvalue weighted by atomic mass is 10.0. The lowest BCUT2D eigenvalue weighted by Crippen LogP contribution is -2.54. The van der Waals surface area contributed by atoms with Gasteiger partial charge in [0, 0.05) is 19.0 Å². The molecule has 2 amide bonds. The van der Waals surface area contributed by atoms with Crippen molar-refractivity contribution < 1.29 is 35.9 Å². The fraction of sp³-hybridized carbons (Fsp3) is 0.333. The molecule has 0 spiro atoms. The highest BCUT2D eigenvalue weighted by Crippen LogP contribution is 2.36. The van der Waals surface area contributed by atoms with Crippen LogP contribution in [0.15, 0.2) is 72.8 Å². The van der Waals surface area contributed by atoms with E-state index in [0.717, 1.165) is 24.0 Å². The molecule has 3 aromatic rings. The standard InChI is InChI=1S/C30H33ClF3N3O5S/c1-20(2)35-29(39)27(16-21-9-6-5-7-10-21)36(18-22-11-8-12-24(15-22)42-3)28(38)19-37(43(4,40)41)26-17-23(30(32,33)34)13-14-25(26)31/h5-15,17,20,27H,16,18-19H2,1-4H3,(H,35,39). The molecule has 0 saturated heterocycles. The number of ether oxygens (including phenoxy) is 1. The van der Waals surface area contributed by atoms with Crippen LogP contribution in [0.25, 0.3) is 0 Å². The number of hydrogen-bond donors (Lipinski definition) is 1. The molecule has 232 valence electrons. The minimum Gasteiger partial charge on any atom is -0.497 e. The summed E-state index contributed by atoms with van der Waals surface area (Å²) in [6.45, 7) is 2.47. The number of carbonyl (C=O) groups excluding carboxylic acids is 2. The van der Waals surface area contributed by atoms with Crippen LogP contribution in [0, 0.1) is 0 Å². The van der Waals surface area contributed by atoms with E-state index in [2.05, 4.69) is 5.32 Å². The number of alkyl halides is 3. The van der Waals surface area contributed by atoms with Crippen LogP contribution in [0.5, 0.6) is 5.75 Å². The highest BCUT2D eigenvalue weighted by Gasteiger charge is 2.36. The van der Waals surface area contributed by atoms with Crippen LogP contribution in [0.4, 0.5) is 18.9 Å². The van der Waals surface area contributed by atoms with Crippen molar-refractivity contribution in [2.45, 2.75) is 45.1 Å². The van der Waals surface area contributed by atoms with Gasteiger partial charge in [-0.1, -0.05) is 54.1 Å². The zero-order chi connectivity index (χ0) is 31.9. The Labute approximate surface area is 254 Å². The molecular weight excluding hydrogens is 607 g/mol. The van der Waals surface area contributed by atoms with Crippen molar-refractivity contribution in [3.05, 3.63) is 94.5 Å². The van der Waals surface area contributed by atoms with Crippen molar-refractivity contribution in [3.8, 4) is 5.75 Å². The van der Waals surface area contributed by atoms with Crippen LogP contribution in [0.3, 0.4) is 0 Å². The Morgan fingerprint density at radius 3 is 2.21 bits per heavy atom. The van der Waals surface area contributed by atoms with Crippen molar-refractivity contribution in [1.29, 1.82) is 0 Å². The molecule has 0 aliphatic heterocycles. The number of nitrogens with one attached hydrogen (secondary N) is 1. The average molecular weight is 640 g/mol. The van der Waals surface area contributed by atoms with E-state index in [-0.39, 0.29) is 24.0 Å². The maximum absolute atomic E-state index is 14.1. The van der Waals surface area contributed by atoms with E-state index < -0.39 is 51.9 Å². The number of hydrogen-bond acceptors (Lipinski definition) is 5. The zero-order valence-corrected chi connectivity index (χ0v) is 25.6. The number of benzene rings is 3. The first-order valence-corrected chi connectivity index (χ1v) is 15.4. The molecule has 0 aliphatic rings. The number of rotatable bonds is 12. The van der Waals surface area contributed by atoms with E-state index in [1.165, 1.54) is 12.0 Å². The van der Waals surface area contributed by atoms with E-state index in [1.54, 1.807) is 68.4 Å². The molecule has 0 saturated carbocycles. The molecule has 1 N–H and O–H groups in total. The van der Waals surface area contributed by atoms with Gasteiger partial charge >= 0.3 is 6.18 Å². The maximum Gasteiger partial charge on any atom is 0.416 e. The third kappa shape index (κ3) is 9.36. The van der Waals surface area contributed by atoms with Gasteiger partial charge in [0.2, 0.25) is 21.8 Å². The topological polar surface area (TPSA) is 96.0 Å². The summed E-state index contributed by atoms with van der Waals surface area (Å²) in [6, 6.07) is 16.5. The number of carbonyl (C=O) groups is 2. The maximum atomic E-state index is 14.1. The zero-order valence-electron chi connectivity index (χ0n) is 24.1. The molecule has 13 heteroatoms. The number of sulfonamides is 1. The summed E-state index contributed by atoms with van der Waals surface area (Å²) in [5, 5.41) is 2.52. The van der Waals surface area contributed by atoms with Crippen LogP contribution in [0.1, 0.15) is 30.5 Å². The molecule has 3 rings (SSSR count). The van der Waals surface area contributed by atoms with Crippen LogP contribution in [-0.2, 0) is 38.8 Å². The van der Waals surface area contributed by atoms with Gasteiger partial charge in [-0.3, -0.25) is 13.9 Å². The minimum absolute atomic E-state index is 0.0816. The van der Waals surface area contributed by atoms with Crippen LogP contribution >= 0.6 is 11.6 Å². The predicted octanol–water partition coefficient (Wildman–Crippen LogP) is 5.30. The fourth-order valence-corrected chi connectivity index (χ4v) is 5.50. The minimum atomic E-state index is -4.79. The first-order valence-electron chi connectivity index (χ1n) is 13.2. The molecule has 0 aliphatic carbocycles. The second-order valence-electron chi connectivity index (χ2n) is 10.2. The molecule has 3 aromatic carbocycles. The van der Waals surface area contributed by atoms with E-state index >= 15 is 0 Å². The Kier molecular flexibility index (Phi) is 11.1. The smallest absolute Gasteiger partial charge is 0.416 e. The number of nitrogens with zero attached hydrogens (tertiary/aromatic N) is 2. The van der Waals surface area contributed by atoms with E-state index in [4.69, 9.17) is 16.3 Å². The van der Waals surface area contributed by atoms with Gasteiger partial charge in [0.25, 0.3) is 0 Å².